The van der Waals surface area contributed by atoms with Gasteiger partial charge in [-0.3, -0.25) is 14.9 Å². The van der Waals surface area contributed by atoms with Gasteiger partial charge >= 0.3 is 0 Å². The number of nitro benzene ring substituents is 1. The number of ether oxygens (including phenoxy) is 3. The Morgan fingerprint density at radius 2 is 1.65 bits per heavy atom. The lowest BCUT2D eigenvalue weighted by Crippen LogP contribution is -2.56. The average Bonchev–Trinajstić information content (AvgIpc) is 2.77. The van der Waals surface area contributed by atoms with Gasteiger partial charge in [0.1, 0.15) is 11.9 Å². The Labute approximate surface area is 215 Å². The van der Waals surface area contributed by atoms with E-state index in [9.17, 15) is 14.9 Å². The summed E-state index contributed by atoms with van der Waals surface area (Å²) < 4.78 is 13.6. The molecule has 3 N–H and O–H groups in total. The molecule has 2 rings (SSSR count). The van der Waals surface area contributed by atoms with Crippen LogP contribution in [0.5, 0.6) is 17.2 Å². The summed E-state index contributed by atoms with van der Waals surface area (Å²) in [5.74, 6) is 0.782. The Balaban J connectivity index is 2.12. The van der Waals surface area contributed by atoms with Crippen molar-refractivity contribution in [1.29, 1.82) is 0 Å². The first-order valence-electron chi connectivity index (χ1n) is 9.45. The first-order chi connectivity index (χ1) is 16.0. The van der Waals surface area contributed by atoms with Gasteiger partial charge in [0.05, 0.1) is 38.4 Å². The van der Waals surface area contributed by atoms with Crippen LogP contribution < -0.4 is 30.2 Å². The van der Waals surface area contributed by atoms with Gasteiger partial charge in [-0.2, -0.15) is 0 Å². The number of nitrogens with one attached hydrogen (secondary N) is 3. The summed E-state index contributed by atoms with van der Waals surface area (Å²) in [4.78, 5) is 23.1. The molecule has 0 aliphatic carbocycles. The lowest BCUT2D eigenvalue weighted by molar-refractivity contribution is -0.384. The van der Waals surface area contributed by atoms with Crippen molar-refractivity contribution < 1.29 is 23.9 Å². The van der Waals surface area contributed by atoms with Crippen molar-refractivity contribution in [2.75, 3.05) is 26.6 Å². The van der Waals surface area contributed by atoms with Gasteiger partial charge in [0.2, 0.25) is 9.70 Å². The van der Waals surface area contributed by atoms with E-state index in [1.54, 1.807) is 18.2 Å². The van der Waals surface area contributed by atoms with E-state index < -0.39 is 20.8 Å². The molecule has 0 saturated carbocycles. The van der Waals surface area contributed by atoms with Gasteiger partial charge < -0.3 is 30.2 Å². The number of rotatable bonds is 9. The quantitative estimate of drug-likeness (QED) is 0.140. The highest BCUT2D eigenvalue weighted by Gasteiger charge is 2.34. The fraction of sp³-hybridized carbons (Fsp3) is 0.300. The van der Waals surface area contributed by atoms with Crippen molar-refractivity contribution in [3.05, 3.63) is 52.1 Å². The molecule has 0 aromatic heterocycles. The van der Waals surface area contributed by atoms with Crippen LogP contribution >= 0.6 is 47.0 Å². The average molecular weight is 552 g/mol. The highest BCUT2D eigenvalue weighted by molar-refractivity contribution is 7.80. The SMILES string of the molecule is COc1ccc([N+](=O)[O-])cc1NC(=S)N[C@@H](NC(=O)Cc1ccc(OC)c(OC)c1)C(Cl)(Cl)Cl. The normalized spacial score (nSPS) is 11.7. The number of anilines is 1. The molecule has 2 aromatic rings. The lowest BCUT2D eigenvalue weighted by atomic mass is 10.1. The fourth-order valence-electron chi connectivity index (χ4n) is 2.78. The number of benzene rings is 2. The molecule has 1 amide bonds. The van der Waals surface area contributed by atoms with E-state index in [0.29, 0.717) is 17.1 Å². The number of methoxy groups -OCH3 is 3. The molecule has 10 nitrogen and oxygen atoms in total. The smallest absolute Gasteiger partial charge is 0.271 e. The van der Waals surface area contributed by atoms with Crippen LogP contribution in [0.15, 0.2) is 36.4 Å². The van der Waals surface area contributed by atoms with Crippen molar-refractivity contribution >= 4 is 69.4 Å². The van der Waals surface area contributed by atoms with Crippen LogP contribution in [-0.2, 0) is 11.2 Å². The van der Waals surface area contributed by atoms with E-state index in [1.807, 2.05) is 0 Å². The third-order valence-corrected chi connectivity index (χ3v) is 5.24. The predicted molar refractivity (Wildman–Crippen MR) is 134 cm³/mol. The van der Waals surface area contributed by atoms with Crippen molar-refractivity contribution in [1.82, 2.24) is 10.6 Å². The molecule has 14 heteroatoms. The zero-order valence-electron chi connectivity index (χ0n) is 18.2. The first-order valence-corrected chi connectivity index (χ1v) is 11.0. The number of halogens is 3. The summed E-state index contributed by atoms with van der Waals surface area (Å²) in [6.45, 7) is 0. The standard InChI is InChI=1S/C20H21Cl3N4O6S/c1-31-14-7-5-12(27(29)30)10-13(14)24-19(34)26-18(20(21,22)23)25-17(28)9-11-4-6-15(32-2)16(8-11)33-3/h4-8,10,18H,9H2,1-3H3,(H,25,28)(H2,24,26,34)/t18-/m1/s1. The maximum atomic E-state index is 12.6. The van der Waals surface area contributed by atoms with Crippen LogP contribution in [0, 0.1) is 10.1 Å². The molecule has 34 heavy (non-hydrogen) atoms. The molecule has 0 spiro atoms. The number of nitro groups is 1. The van der Waals surface area contributed by atoms with Crippen LogP contribution in [0.25, 0.3) is 0 Å². The number of hydrogen-bond acceptors (Lipinski definition) is 7. The second kappa shape index (κ2) is 12.1. The molecule has 0 aliphatic heterocycles. The molecule has 2 aromatic carbocycles. The van der Waals surface area contributed by atoms with Gasteiger partial charge in [-0.25, -0.2) is 0 Å². The minimum Gasteiger partial charge on any atom is -0.495 e. The highest BCUT2D eigenvalue weighted by Crippen LogP contribution is 2.31. The molecule has 184 valence electrons. The molecule has 0 radical (unpaired) electrons. The summed E-state index contributed by atoms with van der Waals surface area (Å²) in [7, 11) is 4.37. The maximum absolute atomic E-state index is 12.6. The number of carbonyl (C=O) groups is 1. The number of nitrogens with zero attached hydrogens (tertiary/aromatic N) is 1. The summed E-state index contributed by atoms with van der Waals surface area (Å²) in [6, 6.07) is 8.92. The number of amides is 1. The molecule has 0 bridgehead atoms. The molecular weight excluding hydrogens is 531 g/mol. The molecule has 0 heterocycles. The second-order valence-corrected chi connectivity index (χ2v) is 9.43. The fourth-order valence-corrected chi connectivity index (χ4v) is 3.34. The topological polar surface area (TPSA) is 124 Å². The summed E-state index contributed by atoms with van der Waals surface area (Å²) in [5, 5.41) is 19.0. The first kappa shape index (κ1) is 27.5. The van der Waals surface area contributed by atoms with E-state index in [0.717, 1.165) is 0 Å². The Hall–Kier alpha value is -2.73. The van der Waals surface area contributed by atoms with Crippen molar-refractivity contribution in [3.63, 3.8) is 0 Å². The summed E-state index contributed by atoms with van der Waals surface area (Å²) in [6.07, 6.45) is -1.30. The number of carbonyl (C=O) groups excluding carboxylic acids is 1. The van der Waals surface area contributed by atoms with E-state index in [-0.39, 0.29) is 28.7 Å². The zero-order valence-corrected chi connectivity index (χ0v) is 21.3. The zero-order chi connectivity index (χ0) is 25.5. The van der Waals surface area contributed by atoms with Gasteiger partial charge in [0.25, 0.3) is 5.69 Å². The Morgan fingerprint density at radius 1 is 1.03 bits per heavy atom. The van der Waals surface area contributed by atoms with Crippen LogP contribution in [0.2, 0.25) is 0 Å². The Bertz CT molecular complexity index is 1070. The minimum atomic E-state index is -1.99. The molecule has 0 fully saturated rings. The number of alkyl halides is 3. The molecule has 0 saturated heterocycles. The Morgan fingerprint density at radius 3 is 2.21 bits per heavy atom. The van der Waals surface area contributed by atoms with E-state index in [2.05, 4.69) is 16.0 Å². The number of hydrogen-bond donors (Lipinski definition) is 3. The van der Waals surface area contributed by atoms with Gasteiger partial charge in [0, 0.05) is 12.1 Å². The summed E-state index contributed by atoms with van der Waals surface area (Å²) in [5.41, 5.74) is 0.640. The van der Waals surface area contributed by atoms with Crippen LogP contribution in [-0.4, -0.2) is 47.2 Å². The predicted octanol–water partition coefficient (Wildman–Crippen LogP) is 3.96. The Kier molecular flexibility index (Phi) is 9.80. The van der Waals surface area contributed by atoms with Gasteiger partial charge in [-0.15, -0.1) is 0 Å². The van der Waals surface area contributed by atoms with Gasteiger partial charge in [-0.1, -0.05) is 40.9 Å². The van der Waals surface area contributed by atoms with Crippen LogP contribution in [0.3, 0.4) is 0 Å². The van der Waals surface area contributed by atoms with E-state index in [1.165, 1.54) is 39.5 Å². The van der Waals surface area contributed by atoms with Crippen LogP contribution in [0.1, 0.15) is 5.56 Å². The highest BCUT2D eigenvalue weighted by atomic mass is 35.6. The third-order valence-electron chi connectivity index (χ3n) is 4.36. The minimum absolute atomic E-state index is 0.0574. The van der Waals surface area contributed by atoms with Crippen molar-refractivity contribution in [3.8, 4) is 17.2 Å². The van der Waals surface area contributed by atoms with E-state index in [4.69, 9.17) is 61.2 Å². The van der Waals surface area contributed by atoms with Crippen molar-refractivity contribution in [2.24, 2.45) is 0 Å². The van der Waals surface area contributed by atoms with Crippen LogP contribution in [0.4, 0.5) is 11.4 Å². The molecule has 1 atom stereocenters. The van der Waals surface area contributed by atoms with Gasteiger partial charge in [-0.05, 0) is 36.0 Å². The maximum Gasteiger partial charge on any atom is 0.271 e. The molecular formula is C20H21Cl3N4O6S. The third kappa shape index (κ3) is 7.66. The van der Waals surface area contributed by atoms with E-state index >= 15 is 0 Å². The monoisotopic (exact) mass is 550 g/mol. The molecule has 0 unspecified atom stereocenters. The van der Waals surface area contributed by atoms with Gasteiger partial charge in [0.15, 0.2) is 16.6 Å². The number of thiocarbonyl (C=S) groups is 1. The largest absolute Gasteiger partial charge is 0.495 e. The van der Waals surface area contributed by atoms with Crippen molar-refractivity contribution in [2.45, 2.75) is 16.4 Å². The summed E-state index contributed by atoms with van der Waals surface area (Å²) >= 11 is 23.3. The lowest BCUT2D eigenvalue weighted by Gasteiger charge is -2.28. The molecule has 0 aliphatic rings. The second-order valence-electron chi connectivity index (χ2n) is 6.65. The number of non-ortho nitro benzene ring substituents is 1.